The molecule has 1 aliphatic heterocycles. The first-order valence-electron chi connectivity index (χ1n) is 13.5. The van der Waals surface area contributed by atoms with Gasteiger partial charge in [-0.05, 0) is 0 Å². The monoisotopic (exact) mass is 616 g/mol. The van der Waals surface area contributed by atoms with Crippen LogP contribution >= 0.6 is 17.0 Å². The standard InChI is InChI=1S/C21H23.C12H9Si.2ClH.Zr/c1-4-8-16-13-18-12-11-15(3)21(20(18)14-16)19-10-7-6-9-17(19)5-2;1-3-7-11-9(5-1)10-6-2-4-8-12(10)13-11;;;/h6-7,9-14H,4-5,8H2,1-3H3;1-7H,13H2;2*1H;/q;;;;+2/p-2. The summed E-state index contributed by atoms with van der Waals surface area (Å²) >= 11 is -3.92. The van der Waals surface area contributed by atoms with E-state index in [1.165, 1.54) is 63.7 Å². The third-order valence-corrected chi connectivity index (χ3v) is 22.6. The Bertz CT molecular complexity index is 1550. The number of halogens is 2. The maximum atomic E-state index is 7.81. The Labute approximate surface area is 235 Å². The number of fused-ring (bicyclic) bond motifs is 4. The maximum absolute atomic E-state index is 7.81. The number of hydrogen-bond acceptors (Lipinski definition) is 0. The molecule has 4 aromatic carbocycles. The second-order valence-electron chi connectivity index (χ2n) is 10.5. The van der Waals surface area contributed by atoms with Crippen LogP contribution < -0.4 is 13.6 Å². The molecule has 0 amide bonds. The van der Waals surface area contributed by atoms with E-state index >= 15 is 0 Å². The predicted octanol–water partition coefficient (Wildman–Crippen LogP) is 7.35. The van der Waals surface area contributed by atoms with Gasteiger partial charge in [-0.25, -0.2) is 0 Å². The van der Waals surface area contributed by atoms with Crippen LogP contribution in [0, 0.1) is 6.92 Å². The molecule has 0 radical (unpaired) electrons. The first-order valence-corrected chi connectivity index (χ1v) is 23.9. The SMILES string of the molecule is CCCC1=Cc2c(ccc(C)c2-c2ccccc2CC)[CH]1[Zr]([Cl])([Cl])[c]1cccc2c1[SiH2]c1ccccc1-2. The topological polar surface area (TPSA) is 0 Å². The van der Waals surface area contributed by atoms with Gasteiger partial charge in [-0.3, -0.25) is 0 Å². The van der Waals surface area contributed by atoms with Crippen molar-refractivity contribution in [1.29, 1.82) is 0 Å². The molecule has 4 aromatic rings. The first-order chi connectivity index (χ1) is 18.0. The van der Waals surface area contributed by atoms with Gasteiger partial charge in [0.15, 0.2) is 0 Å². The molecule has 0 aromatic heterocycles. The molecule has 0 saturated carbocycles. The molecule has 4 heteroatoms. The van der Waals surface area contributed by atoms with Crippen molar-refractivity contribution in [3.63, 3.8) is 0 Å². The minimum absolute atomic E-state index is 0.143. The molecule has 0 saturated heterocycles. The molecule has 0 nitrogen and oxygen atoms in total. The molecular weight excluding hydrogens is 587 g/mol. The summed E-state index contributed by atoms with van der Waals surface area (Å²) in [6.45, 7) is 6.76. The van der Waals surface area contributed by atoms with E-state index in [-0.39, 0.29) is 3.63 Å². The summed E-state index contributed by atoms with van der Waals surface area (Å²) in [6, 6.07) is 29.1. The Hall–Kier alpha value is -1.70. The molecule has 1 unspecified atom stereocenters. The summed E-state index contributed by atoms with van der Waals surface area (Å²) in [5.74, 6) is 0. The summed E-state index contributed by atoms with van der Waals surface area (Å²) in [5.41, 5.74) is 12.3. The van der Waals surface area contributed by atoms with Crippen molar-refractivity contribution >= 4 is 46.3 Å². The zero-order valence-electron chi connectivity index (χ0n) is 21.7. The van der Waals surface area contributed by atoms with Crippen LogP contribution in [0.3, 0.4) is 0 Å². The molecule has 6 rings (SSSR count). The summed E-state index contributed by atoms with van der Waals surface area (Å²) in [7, 11) is 15.0. The van der Waals surface area contributed by atoms with E-state index in [0.29, 0.717) is 0 Å². The molecular formula is C33H32Cl2SiZr. The van der Waals surface area contributed by atoms with Crippen LogP contribution in [-0.4, -0.2) is 9.52 Å². The van der Waals surface area contributed by atoms with Gasteiger partial charge >= 0.3 is 237 Å². The molecule has 37 heavy (non-hydrogen) atoms. The summed E-state index contributed by atoms with van der Waals surface area (Å²) in [4.78, 5) is 0. The van der Waals surface area contributed by atoms with Gasteiger partial charge in [0.2, 0.25) is 0 Å². The van der Waals surface area contributed by atoms with Crippen molar-refractivity contribution in [2.75, 3.05) is 0 Å². The van der Waals surface area contributed by atoms with Crippen LogP contribution in [0.5, 0.6) is 0 Å². The van der Waals surface area contributed by atoms with Crippen LogP contribution in [0.1, 0.15) is 52.6 Å². The van der Waals surface area contributed by atoms with Crippen molar-refractivity contribution in [1.82, 2.24) is 0 Å². The Kier molecular flexibility index (Phi) is 7.00. The van der Waals surface area contributed by atoms with Gasteiger partial charge in [0.1, 0.15) is 0 Å². The molecule has 1 atom stereocenters. The average Bonchev–Trinajstić information content (AvgIpc) is 3.47. The van der Waals surface area contributed by atoms with Gasteiger partial charge in [-0.1, -0.05) is 0 Å². The van der Waals surface area contributed by atoms with Gasteiger partial charge < -0.3 is 0 Å². The third-order valence-electron chi connectivity index (χ3n) is 8.28. The minimum atomic E-state index is -3.92. The molecule has 0 spiro atoms. The fourth-order valence-corrected chi connectivity index (χ4v) is 23.5. The van der Waals surface area contributed by atoms with E-state index in [0.717, 1.165) is 19.3 Å². The molecule has 2 aliphatic rings. The third kappa shape index (κ3) is 4.20. The second kappa shape index (κ2) is 10.1. The van der Waals surface area contributed by atoms with Crippen molar-refractivity contribution in [2.24, 2.45) is 0 Å². The number of benzene rings is 4. The van der Waals surface area contributed by atoms with Crippen LogP contribution in [0.2, 0.25) is 0 Å². The fourth-order valence-electron chi connectivity index (χ4n) is 6.61. The summed E-state index contributed by atoms with van der Waals surface area (Å²) < 4.78 is 1.46. The fraction of sp³-hybridized carbons (Fsp3) is 0.212. The van der Waals surface area contributed by atoms with E-state index in [1.54, 1.807) is 0 Å². The van der Waals surface area contributed by atoms with E-state index < -0.39 is 27.4 Å². The molecule has 186 valence electrons. The number of rotatable bonds is 6. The summed E-state index contributed by atoms with van der Waals surface area (Å²) in [6.07, 6.45) is 5.62. The van der Waals surface area contributed by atoms with Crippen LogP contribution in [0.15, 0.2) is 84.4 Å². The van der Waals surface area contributed by atoms with E-state index in [1.807, 2.05) is 0 Å². The van der Waals surface area contributed by atoms with E-state index in [4.69, 9.17) is 17.0 Å². The number of hydrogen-bond donors (Lipinski definition) is 0. The van der Waals surface area contributed by atoms with Gasteiger partial charge in [-0.15, -0.1) is 0 Å². The Morgan fingerprint density at radius 1 is 0.811 bits per heavy atom. The quantitative estimate of drug-likeness (QED) is 0.175. The molecule has 1 heterocycles. The Morgan fingerprint density at radius 3 is 2.32 bits per heavy atom. The molecule has 1 aliphatic carbocycles. The van der Waals surface area contributed by atoms with Crippen LogP contribution in [0.4, 0.5) is 0 Å². The zero-order chi connectivity index (χ0) is 25.7. The number of allylic oxidation sites excluding steroid dienone is 1. The predicted molar refractivity (Wildman–Crippen MR) is 163 cm³/mol. The van der Waals surface area contributed by atoms with Gasteiger partial charge in [0, 0.05) is 0 Å². The van der Waals surface area contributed by atoms with Crippen molar-refractivity contribution < 1.29 is 17.9 Å². The van der Waals surface area contributed by atoms with E-state index in [9.17, 15) is 0 Å². The average molecular weight is 619 g/mol. The molecule has 0 fully saturated rings. The van der Waals surface area contributed by atoms with E-state index in [2.05, 4.69) is 106 Å². The van der Waals surface area contributed by atoms with Crippen molar-refractivity contribution in [2.45, 2.75) is 43.7 Å². The first kappa shape index (κ1) is 25.6. The van der Waals surface area contributed by atoms with Gasteiger partial charge in [-0.2, -0.15) is 0 Å². The second-order valence-corrected chi connectivity index (χ2v) is 26.3. The van der Waals surface area contributed by atoms with Crippen LogP contribution in [-0.2, 0) is 24.3 Å². The molecule has 0 bridgehead atoms. The van der Waals surface area contributed by atoms with Crippen molar-refractivity contribution in [3.8, 4) is 22.3 Å². The van der Waals surface area contributed by atoms with Crippen molar-refractivity contribution in [3.05, 3.63) is 107 Å². The van der Waals surface area contributed by atoms with Gasteiger partial charge in [0.05, 0.1) is 0 Å². The van der Waals surface area contributed by atoms with Gasteiger partial charge in [0.25, 0.3) is 0 Å². The summed E-state index contributed by atoms with van der Waals surface area (Å²) in [5, 5.41) is 3.02. The van der Waals surface area contributed by atoms with Crippen LogP contribution in [0.25, 0.3) is 28.3 Å². The zero-order valence-corrected chi connectivity index (χ0v) is 27.1. The Balaban J connectivity index is 1.53. The Morgan fingerprint density at radius 2 is 1.54 bits per heavy atom. The normalized spacial score (nSPS) is 16.5. The number of aryl methyl sites for hydroxylation is 2. The molecule has 0 N–H and O–H groups in total.